The number of pyridine rings is 1. The number of hydrogen-bond donors (Lipinski definition) is 0. The molecular formula is C10H14ClNO. The Balaban J connectivity index is 2.66. The third-order valence-corrected chi connectivity index (χ3v) is 2.09. The molecule has 0 fully saturated rings. The molecule has 72 valence electrons. The molecule has 13 heavy (non-hydrogen) atoms. The predicted molar refractivity (Wildman–Crippen MR) is 54.2 cm³/mol. The Hall–Kier alpha value is -0.760. The van der Waals surface area contributed by atoms with E-state index in [9.17, 15) is 0 Å². The average Bonchev–Trinajstić information content (AvgIpc) is 2.18. The van der Waals surface area contributed by atoms with Crippen LogP contribution in [0.15, 0.2) is 18.2 Å². The molecular weight excluding hydrogens is 186 g/mol. The molecule has 0 aliphatic rings. The van der Waals surface area contributed by atoms with Crippen LogP contribution in [-0.4, -0.2) is 11.1 Å². The van der Waals surface area contributed by atoms with Crippen LogP contribution in [0, 0.1) is 0 Å². The Kier molecular flexibility index (Phi) is 4.03. The number of nitrogens with zero attached hydrogens (tertiary/aromatic N) is 1. The van der Waals surface area contributed by atoms with Crippen LogP contribution in [0.25, 0.3) is 0 Å². The van der Waals surface area contributed by atoms with Crippen molar-refractivity contribution in [2.75, 3.05) is 0 Å². The van der Waals surface area contributed by atoms with E-state index < -0.39 is 0 Å². The van der Waals surface area contributed by atoms with Crippen LogP contribution in [0.3, 0.4) is 0 Å². The molecule has 0 saturated heterocycles. The molecule has 1 aromatic rings. The molecule has 1 heterocycles. The van der Waals surface area contributed by atoms with E-state index >= 15 is 0 Å². The first-order valence-corrected chi connectivity index (χ1v) is 4.98. The number of hydrogen-bond acceptors (Lipinski definition) is 2. The largest absolute Gasteiger partial charge is 0.475 e. The summed E-state index contributed by atoms with van der Waals surface area (Å²) in [6.07, 6.45) is 1.19. The zero-order valence-corrected chi connectivity index (χ0v) is 8.71. The monoisotopic (exact) mass is 199 g/mol. The topological polar surface area (TPSA) is 22.1 Å². The second-order valence-corrected chi connectivity index (χ2v) is 3.20. The standard InChI is InChI=1S/C10H14ClNO/c1-3-8(2)13-10-6-4-5-9(7-11)12-10/h4-6,8H,3,7H2,1-2H3. The molecule has 0 bridgehead atoms. The first-order chi connectivity index (χ1) is 6.26. The van der Waals surface area contributed by atoms with Crippen molar-refractivity contribution < 1.29 is 4.74 Å². The fourth-order valence-corrected chi connectivity index (χ4v) is 1.04. The Labute approximate surface area is 83.9 Å². The molecule has 3 heteroatoms. The highest BCUT2D eigenvalue weighted by molar-refractivity contribution is 6.16. The van der Waals surface area contributed by atoms with Gasteiger partial charge < -0.3 is 4.74 Å². The molecule has 0 N–H and O–H groups in total. The summed E-state index contributed by atoms with van der Waals surface area (Å²) in [5, 5.41) is 0. The molecule has 0 spiro atoms. The molecule has 0 aromatic carbocycles. The first kappa shape index (κ1) is 10.3. The quantitative estimate of drug-likeness (QED) is 0.696. The lowest BCUT2D eigenvalue weighted by atomic mass is 10.3. The molecule has 1 rings (SSSR count). The van der Waals surface area contributed by atoms with Crippen molar-refractivity contribution in [1.82, 2.24) is 4.98 Å². The molecule has 1 unspecified atom stereocenters. The van der Waals surface area contributed by atoms with Crippen LogP contribution < -0.4 is 4.74 Å². The van der Waals surface area contributed by atoms with Gasteiger partial charge in [0, 0.05) is 6.07 Å². The summed E-state index contributed by atoms with van der Waals surface area (Å²) in [6.45, 7) is 4.10. The van der Waals surface area contributed by atoms with Crippen LogP contribution in [0.2, 0.25) is 0 Å². The van der Waals surface area contributed by atoms with Crippen LogP contribution in [0.1, 0.15) is 26.0 Å². The van der Waals surface area contributed by atoms with Crippen LogP contribution in [0.4, 0.5) is 0 Å². The Morgan fingerprint density at radius 2 is 2.31 bits per heavy atom. The first-order valence-electron chi connectivity index (χ1n) is 4.44. The minimum Gasteiger partial charge on any atom is -0.475 e. The van der Waals surface area contributed by atoms with Gasteiger partial charge in [0.2, 0.25) is 5.88 Å². The highest BCUT2D eigenvalue weighted by Gasteiger charge is 2.02. The highest BCUT2D eigenvalue weighted by atomic mass is 35.5. The maximum Gasteiger partial charge on any atom is 0.213 e. The van der Waals surface area contributed by atoms with E-state index in [-0.39, 0.29) is 6.10 Å². The number of halogens is 1. The average molecular weight is 200 g/mol. The molecule has 0 aliphatic heterocycles. The van der Waals surface area contributed by atoms with Crippen molar-refractivity contribution in [3.8, 4) is 5.88 Å². The van der Waals surface area contributed by atoms with Gasteiger partial charge in [-0.2, -0.15) is 0 Å². The van der Waals surface area contributed by atoms with E-state index in [0.717, 1.165) is 12.1 Å². The lowest BCUT2D eigenvalue weighted by molar-refractivity contribution is 0.208. The number of alkyl halides is 1. The van der Waals surface area contributed by atoms with Gasteiger partial charge in [0.05, 0.1) is 17.7 Å². The maximum absolute atomic E-state index is 5.65. The molecule has 0 aliphatic carbocycles. The lowest BCUT2D eigenvalue weighted by Gasteiger charge is -2.11. The number of aromatic nitrogens is 1. The van der Waals surface area contributed by atoms with E-state index in [2.05, 4.69) is 11.9 Å². The van der Waals surface area contributed by atoms with Gasteiger partial charge in [-0.1, -0.05) is 13.0 Å². The SMILES string of the molecule is CCC(C)Oc1cccc(CCl)n1. The summed E-state index contributed by atoms with van der Waals surface area (Å²) in [5.41, 5.74) is 0.850. The van der Waals surface area contributed by atoms with Gasteiger partial charge in [0.25, 0.3) is 0 Å². The Bertz CT molecular complexity index is 265. The maximum atomic E-state index is 5.65. The third kappa shape index (κ3) is 3.23. The van der Waals surface area contributed by atoms with E-state index in [4.69, 9.17) is 16.3 Å². The Morgan fingerprint density at radius 1 is 1.54 bits per heavy atom. The fourth-order valence-electron chi connectivity index (χ4n) is 0.887. The van der Waals surface area contributed by atoms with Gasteiger partial charge in [-0.25, -0.2) is 4.98 Å². The van der Waals surface area contributed by atoms with Crippen LogP contribution >= 0.6 is 11.6 Å². The van der Waals surface area contributed by atoms with Gasteiger partial charge >= 0.3 is 0 Å². The summed E-state index contributed by atoms with van der Waals surface area (Å²) >= 11 is 5.65. The van der Waals surface area contributed by atoms with Crippen molar-refractivity contribution in [1.29, 1.82) is 0 Å². The van der Waals surface area contributed by atoms with Gasteiger partial charge in [0.15, 0.2) is 0 Å². The summed E-state index contributed by atoms with van der Waals surface area (Å²) in [5.74, 6) is 1.09. The second kappa shape index (κ2) is 5.07. The van der Waals surface area contributed by atoms with Crippen molar-refractivity contribution in [2.24, 2.45) is 0 Å². The van der Waals surface area contributed by atoms with Crippen molar-refractivity contribution >= 4 is 11.6 Å². The zero-order chi connectivity index (χ0) is 9.68. The molecule has 2 nitrogen and oxygen atoms in total. The second-order valence-electron chi connectivity index (χ2n) is 2.94. The van der Waals surface area contributed by atoms with Gasteiger partial charge in [-0.15, -0.1) is 11.6 Å². The molecule has 0 amide bonds. The fraction of sp³-hybridized carbons (Fsp3) is 0.500. The number of rotatable bonds is 4. The van der Waals surface area contributed by atoms with Crippen molar-refractivity contribution in [2.45, 2.75) is 32.3 Å². The van der Waals surface area contributed by atoms with Gasteiger partial charge in [0.1, 0.15) is 0 Å². The van der Waals surface area contributed by atoms with Crippen molar-refractivity contribution in [3.05, 3.63) is 23.9 Å². The van der Waals surface area contributed by atoms with Crippen LogP contribution in [-0.2, 0) is 5.88 Å². The van der Waals surface area contributed by atoms with Gasteiger partial charge in [-0.05, 0) is 19.4 Å². The van der Waals surface area contributed by atoms with Gasteiger partial charge in [-0.3, -0.25) is 0 Å². The van der Waals surface area contributed by atoms with Crippen LogP contribution in [0.5, 0.6) is 5.88 Å². The lowest BCUT2D eigenvalue weighted by Crippen LogP contribution is -2.10. The third-order valence-electron chi connectivity index (χ3n) is 1.81. The van der Waals surface area contributed by atoms with E-state index in [1.807, 2.05) is 25.1 Å². The summed E-state index contributed by atoms with van der Waals surface area (Å²) < 4.78 is 5.54. The van der Waals surface area contributed by atoms with E-state index in [0.29, 0.717) is 11.8 Å². The van der Waals surface area contributed by atoms with E-state index in [1.165, 1.54) is 0 Å². The minimum atomic E-state index is 0.207. The Morgan fingerprint density at radius 3 is 2.92 bits per heavy atom. The smallest absolute Gasteiger partial charge is 0.213 e. The highest BCUT2D eigenvalue weighted by Crippen LogP contribution is 2.11. The number of ether oxygens (including phenoxy) is 1. The zero-order valence-electron chi connectivity index (χ0n) is 7.96. The predicted octanol–water partition coefficient (Wildman–Crippen LogP) is 3.00. The minimum absolute atomic E-state index is 0.207. The van der Waals surface area contributed by atoms with E-state index in [1.54, 1.807) is 0 Å². The summed E-state index contributed by atoms with van der Waals surface area (Å²) in [4.78, 5) is 4.22. The molecule has 1 atom stereocenters. The molecule has 1 aromatic heterocycles. The summed E-state index contributed by atoms with van der Waals surface area (Å²) in [6, 6.07) is 5.64. The summed E-state index contributed by atoms with van der Waals surface area (Å²) in [7, 11) is 0. The normalized spacial score (nSPS) is 12.5. The van der Waals surface area contributed by atoms with Crippen molar-refractivity contribution in [3.63, 3.8) is 0 Å². The molecule has 0 saturated carbocycles. The molecule has 0 radical (unpaired) electrons.